The Morgan fingerprint density at radius 3 is 2.38 bits per heavy atom. The Labute approximate surface area is 80.7 Å². The van der Waals surface area contributed by atoms with E-state index in [4.69, 9.17) is 4.74 Å². The maximum Gasteiger partial charge on any atom is 0.119 e. The van der Waals surface area contributed by atoms with Crippen molar-refractivity contribution in [2.75, 3.05) is 7.11 Å². The summed E-state index contributed by atoms with van der Waals surface area (Å²) < 4.78 is 5.23. The summed E-state index contributed by atoms with van der Waals surface area (Å²) in [4.78, 5) is 0. The van der Waals surface area contributed by atoms with Crippen LogP contribution in [-0.4, -0.2) is 7.11 Å². The maximum absolute atomic E-state index is 5.23. The standard InChI is InChI=1S/C12H17O/c1-5-10-6-11(9(2)3)8-12(7-10)13-4/h6-8H,5H2,1-4H3. The summed E-state index contributed by atoms with van der Waals surface area (Å²) in [5.41, 5.74) is 2.60. The zero-order valence-electron chi connectivity index (χ0n) is 8.85. The van der Waals surface area contributed by atoms with E-state index in [0.717, 1.165) is 12.2 Å². The summed E-state index contributed by atoms with van der Waals surface area (Å²) >= 11 is 0. The predicted octanol–water partition coefficient (Wildman–Crippen LogP) is 3.22. The van der Waals surface area contributed by atoms with Crippen LogP contribution < -0.4 is 4.74 Å². The molecule has 0 aliphatic carbocycles. The molecular formula is C12H17O. The van der Waals surface area contributed by atoms with Gasteiger partial charge in [-0.15, -0.1) is 0 Å². The quantitative estimate of drug-likeness (QED) is 0.688. The van der Waals surface area contributed by atoms with E-state index in [1.54, 1.807) is 7.11 Å². The van der Waals surface area contributed by atoms with Gasteiger partial charge in [0.25, 0.3) is 0 Å². The van der Waals surface area contributed by atoms with E-state index in [0.29, 0.717) is 0 Å². The Bertz CT molecular complexity index is 254. The molecule has 1 rings (SSSR count). The number of benzene rings is 1. The van der Waals surface area contributed by atoms with E-state index in [-0.39, 0.29) is 0 Å². The average molecular weight is 177 g/mol. The largest absolute Gasteiger partial charge is 0.497 e. The number of ether oxygens (including phenoxy) is 1. The van der Waals surface area contributed by atoms with Crippen LogP contribution in [0.15, 0.2) is 18.2 Å². The molecular weight excluding hydrogens is 160 g/mol. The third kappa shape index (κ3) is 2.48. The minimum atomic E-state index is 0.954. The molecule has 0 atom stereocenters. The molecule has 1 heteroatoms. The van der Waals surface area contributed by atoms with Gasteiger partial charge >= 0.3 is 0 Å². The Balaban J connectivity index is 3.07. The Kier molecular flexibility index (Phi) is 3.35. The number of hydrogen-bond donors (Lipinski definition) is 0. The van der Waals surface area contributed by atoms with E-state index in [1.807, 2.05) is 0 Å². The lowest BCUT2D eigenvalue weighted by molar-refractivity contribution is 0.414. The van der Waals surface area contributed by atoms with Crippen molar-refractivity contribution in [3.63, 3.8) is 0 Å². The van der Waals surface area contributed by atoms with Crippen LogP contribution in [0.2, 0.25) is 0 Å². The molecule has 1 nitrogen and oxygen atoms in total. The highest BCUT2D eigenvalue weighted by Gasteiger charge is 2.03. The van der Waals surface area contributed by atoms with Gasteiger partial charge in [-0.05, 0) is 35.6 Å². The molecule has 13 heavy (non-hydrogen) atoms. The fourth-order valence-electron chi connectivity index (χ4n) is 1.27. The van der Waals surface area contributed by atoms with Gasteiger partial charge in [0.05, 0.1) is 7.11 Å². The van der Waals surface area contributed by atoms with Gasteiger partial charge in [-0.25, -0.2) is 0 Å². The Hall–Kier alpha value is -0.980. The van der Waals surface area contributed by atoms with Crippen LogP contribution in [0.25, 0.3) is 0 Å². The topological polar surface area (TPSA) is 9.23 Å². The van der Waals surface area contributed by atoms with E-state index < -0.39 is 0 Å². The van der Waals surface area contributed by atoms with Crippen LogP contribution >= 0.6 is 0 Å². The molecule has 0 amide bonds. The Morgan fingerprint density at radius 2 is 1.92 bits per heavy atom. The minimum Gasteiger partial charge on any atom is -0.497 e. The van der Waals surface area contributed by atoms with Gasteiger partial charge < -0.3 is 4.74 Å². The third-order valence-electron chi connectivity index (χ3n) is 2.19. The molecule has 71 valence electrons. The van der Waals surface area contributed by atoms with Gasteiger partial charge in [-0.1, -0.05) is 26.8 Å². The second-order valence-electron chi connectivity index (χ2n) is 3.42. The van der Waals surface area contributed by atoms with Crippen molar-refractivity contribution in [2.45, 2.75) is 27.2 Å². The first-order valence-electron chi connectivity index (χ1n) is 4.66. The van der Waals surface area contributed by atoms with Gasteiger partial charge in [-0.3, -0.25) is 0 Å². The second-order valence-corrected chi connectivity index (χ2v) is 3.42. The van der Waals surface area contributed by atoms with Crippen LogP contribution in [0, 0.1) is 5.92 Å². The van der Waals surface area contributed by atoms with Crippen LogP contribution in [0.5, 0.6) is 5.75 Å². The van der Waals surface area contributed by atoms with Crippen LogP contribution in [0.1, 0.15) is 31.9 Å². The summed E-state index contributed by atoms with van der Waals surface area (Å²) in [7, 11) is 1.71. The molecule has 0 saturated carbocycles. The zero-order valence-corrected chi connectivity index (χ0v) is 8.85. The molecule has 0 N–H and O–H groups in total. The smallest absolute Gasteiger partial charge is 0.119 e. The second kappa shape index (κ2) is 4.31. The minimum absolute atomic E-state index is 0.954. The first-order chi connectivity index (χ1) is 6.17. The highest BCUT2D eigenvalue weighted by Crippen LogP contribution is 2.22. The average Bonchev–Trinajstić information content (AvgIpc) is 2.16. The first-order valence-corrected chi connectivity index (χ1v) is 4.66. The number of rotatable bonds is 3. The summed E-state index contributed by atoms with van der Waals surface area (Å²) in [6.45, 7) is 6.39. The molecule has 0 saturated heterocycles. The van der Waals surface area contributed by atoms with Crippen LogP contribution in [0.3, 0.4) is 0 Å². The van der Waals surface area contributed by atoms with Crippen molar-refractivity contribution in [1.82, 2.24) is 0 Å². The summed E-state index contributed by atoms with van der Waals surface area (Å²) in [5.74, 6) is 2.28. The number of hydrogen-bond acceptors (Lipinski definition) is 1. The molecule has 0 aliphatic heterocycles. The zero-order chi connectivity index (χ0) is 9.84. The number of aryl methyl sites for hydroxylation is 1. The molecule has 0 fully saturated rings. The van der Waals surface area contributed by atoms with Gasteiger partial charge in [0.1, 0.15) is 5.75 Å². The molecule has 1 aromatic carbocycles. The van der Waals surface area contributed by atoms with Crippen molar-refractivity contribution < 1.29 is 4.74 Å². The van der Waals surface area contributed by atoms with Crippen LogP contribution in [0.4, 0.5) is 0 Å². The molecule has 0 unspecified atom stereocenters. The molecule has 0 aliphatic rings. The normalized spacial score (nSPS) is 10.5. The molecule has 0 aromatic heterocycles. The van der Waals surface area contributed by atoms with E-state index in [9.17, 15) is 0 Å². The molecule has 0 heterocycles. The fourth-order valence-corrected chi connectivity index (χ4v) is 1.27. The third-order valence-corrected chi connectivity index (χ3v) is 2.19. The monoisotopic (exact) mass is 177 g/mol. The highest BCUT2D eigenvalue weighted by molar-refractivity contribution is 5.40. The van der Waals surface area contributed by atoms with Gasteiger partial charge in [-0.2, -0.15) is 0 Å². The van der Waals surface area contributed by atoms with Gasteiger partial charge in [0, 0.05) is 0 Å². The molecule has 0 bridgehead atoms. The fraction of sp³-hybridized carbons (Fsp3) is 0.417. The maximum atomic E-state index is 5.23. The molecule has 1 aromatic rings. The van der Waals surface area contributed by atoms with Crippen molar-refractivity contribution in [1.29, 1.82) is 0 Å². The van der Waals surface area contributed by atoms with Crippen molar-refractivity contribution in [3.8, 4) is 5.75 Å². The summed E-state index contributed by atoms with van der Waals surface area (Å²) in [6, 6.07) is 6.39. The first kappa shape index (κ1) is 10.1. The van der Waals surface area contributed by atoms with E-state index >= 15 is 0 Å². The summed E-state index contributed by atoms with van der Waals surface area (Å²) in [5, 5.41) is 0. The molecule has 1 radical (unpaired) electrons. The van der Waals surface area contributed by atoms with E-state index in [2.05, 4.69) is 39.0 Å². The van der Waals surface area contributed by atoms with E-state index in [1.165, 1.54) is 17.0 Å². The van der Waals surface area contributed by atoms with Gasteiger partial charge in [0.2, 0.25) is 0 Å². The SMILES string of the molecule is CCc1cc(OC)cc([C](C)C)c1. The van der Waals surface area contributed by atoms with Gasteiger partial charge in [0.15, 0.2) is 0 Å². The van der Waals surface area contributed by atoms with Crippen molar-refractivity contribution in [2.24, 2.45) is 0 Å². The van der Waals surface area contributed by atoms with Crippen molar-refractivity contribution in [3.05, 3.63) is 35.2 Å². The van der Waals surface area contributed by atoms with Crippen LogP contribution in [-0.2, 0) is 6.42 Å². The molecule has 0 spiro atoms. The predicted molar refractivity (Wildman–Crippen MR) is 56.1 cm³/mol. The van der Waals surface area contributed by atoms with Crippen molar-refractivity contribution >= 4 is 0 Å². The lowest BCUT2D eigenvalue weighted by atomic mass is 9.99. The number of methoxy groups -OCH3 is 1. The lowest BCUT2D eigenvalue weighted by Gasteiger charge is -2.09. The lowest BCUT2D eigenvalue weighted by Crippen LogP contribution is -1.93. The Morgan fingerprint density at radius 1 is 1.23 bits per heavy atom. The highest BCUT2D eigenvalue weighted by atomic mass is 16.5. The summed E-state index contributed by atoms with van der Waals surface area (Å²) in [6.07, 6.45) is 1.05.